The van der Waals surface area contributed by atoms with Crippen LogP contribution in [0, 0.1) is 0 Å². The molecule has 1 N–H and O–H groups in total. The van der Waals surface area contributed by atoms with Crippen molar-refractivity contribution < 1.29 is 4.79 Å². The minimum Gasteiger partial charge on any atom is -0.359 e. The second-order valence-electron chi connectivity index (χ2n) is 5.49. The van der Waals surface area contributed by atoms with Crippen LogP contribution in [0.5, 0.6) is 0 Å². The number of amides is 1. The lowest BCUT2D eigenvalue weighted by molar-refractivity contribution is -0.134. The quantitative estimate of drug-likeness (QED) is 0.665. The first-order valence-electron chi connectivity index (χ1n) is 7.48. The molecular formula is C16H23ClN4O. The maximum absolute atomic E-state index is 12.5. The third-order valence-corrected chi connectivity index (χ3v) is 4.16. The van der Waals surface area contributed by atoms with Crippen molar-refractivity contribution in [2.24, 2.45) is 4.99 Å². The second-order valence-corrected chi connectivity index (χ2v) is 5.92. The molecule has 1 aromatic carbocycles. The first kappa shape index (κ1) is 16.6. The zero-order valence-corrected chi connectivity index (χ0v) is 14.1. The Hall–Kier alpha value is -1.75. The molecule has 0 spiro atoms. The fraction of sp³-hybridized carbons (Fsp3) is 0.500. The fourth-order valence-electron chi connectivity index (χ4n) is 2.85. The number of hydrogen-bond acceptors (Lipinski definition) is 2. The van der Waals surface area contributed by atoms with Gasteiger partial charge in [0.15, 0.2) is 5.96 Å². The first-order valence-corrected chi connectivity index (χ1v) is 7.86. The van der Waals surface area contributed by atoms with E-state index >= 15 is 0 Å². The van der Waals surface area contributed by atoms with Gasteiger partial charge in [0, 0.05) is 44.8 Å². The third-order valence-electron chi connectivity index (χ3n) is 3.93. The number of piperazine rings is 1. The maximum Gasteiger partial charge on any atom is 0.227 e. The smallest absolute Gasteiger partial charge is 0.227 e. The maximum atomic E-state index is 12.5. The van der Waals surface area contributed by atoms with Crippen molar-refractivity contribution in [1.82, 2.24) is 15.1 Å². The van der Waals surface area contributed by atoms with Crippen molar-refractivity contribution in [2.75, 3.05) is 33.7 Å². The van der Waals surface area contributed by atoms with Crippen molar-refractivity contribution >= 4 is 23.5 Å². The molecule has 1 unspecified atom stereocenters. The highest BCUT2D eigenvalue weighted by molar-refractivity contribution is 6.30. The molecule has 1 aliphatic rings. The minimum atomic E-state index is 0.147. The molecule has 120 valence electrons. The first-order chi connectivity index (χ1) is 10.5. The Labute approximate surface area is 137 Å². The predicted octanol–water partition coefficient (Wildman–Crippen LogP) is 1.62. The molecule has 22 heavy (non-hydrogen) atoms. The number of guanidine groups is 1. The van der Waals surface area contributed by atoms with Gasteiger partial charge >= 0.3 is 0 Å². The lowest BCUT2D eigenvalue weighted by Crippen LogP contribution is -2.57. The number of benzene rings is 1. The molecule has 1 atom stereocenters. The minimum absolute atomic E-state index is 0.147. The van der Waals surface area contributed by atoms with E-state index in [0.717, 1.165) is 24.6 Å². The van der Waals surface area contributed by atoms with E-state index in [4.69, 9.17) is 11.6 Å². The van der Waals surface area contributed by atoms with Gasteiger partial charge in [-0.05, 0) is 24.6 Å². The molecule has 0 aromatic heterocycles. The van der Waals surface area contributed by atoms with Gasteiger partial charge in [0.2, 0.25) is 5.91 Å². The van der Waals surface area contributed by atoms with Gasteiger partial charge in [-0.25, -0.2) is 0 Å². The summed E-state index contributed by atoms with van der Waals surface area (Å²) in [5, 5.41) is 3.76. The number of nitrogens with zero attached hydrogens (tertiary/aromatic N) is 3. The van der Waals surface area contributed by atoms with Crippen LogP contribution in [0.4, 0.5) is 0 Å². The molecule has 2 rings (SSSR count). The molecule has 0 radical (unpaired) electrons. The zero-order chi connectivity index (χ0) is 16.1. The van der Waals surface area contributed by atoms with Crippen LogP contribution in [0.1, 0.15) is 12.5 Å². The standard InChI is InChI=1S/C16H23ClN4O/c1-12-11-20(16(18-2)19-3)7-8-21(12)15(22)10-13-5-4-6-14(17)9-13/h4-6,9,12H,7-8,10-11H2,1-3H3,(H,18,19). The van der Waals surface area contributed by atoms with Gasteiger partial charge in [0.1, 0.15) is 0 Å². The molecule has 0 saturated carbocycles. The third kappa shape index (κ3) is 3.91. The summed E-state index contributed by atoms with van der Waals surface area (Å²) in [6.45, 7) is 4.36. The average molecular weight is 323 g/mol. The van der Waals surface area contributed by atoms with Gasteiger partial charge in [0.25, 0.3) is 0 Å². The average Bonchev–Trinajstić information content (AvgIpc) is 2.48. The van der Waals surface area contributed by atoms with Crippen LogP contribution in [0.3, 0.4) is 0 Å². The van der Waals surface area contributed by atoms with E-state index in [1.165, 1.54) is 0 Å². The van der Waals surface area contributed by atoms with Crippen LogP contribution < -0.4 is 5.32 Å². The molecule has 1 heterocycles. The van der Waals surface area contributed by atoms with Crippen molar-refractivity contribution in [1.29, 1.82) is 0 Å². The number of hydrogen-bond donors (Lipinski definition) is 1. The summed E-state index contributed by atoms with van der Waals surface area (Å²) >= 11 is 5.98. The van der Waals surface area contributed by atoms with Gasteiger partial charge in [-0.3, -0.25) is 9.79 Å². The largest absolute Gasteiger partial charge is 0.359 e. The van der Waals surface area contributed by atoms with Crippen LogP contribution >= 0.6 is 11.6 Å². The molecule has 0 bridgehead atoms. The molecular weight excluding hydrogens is 300 g/mol. The Kier molecular flexibility index (Phi) is 5.66. The Balaban J connectivity index is 1.98. The second kappa shape index (κ2) is 7.49. The van der Waals surface area contributed by atoms with Gasteiger partial charge < -0.3 is 15.1 Å². The van der Waals surface area contributed by atoms with Crippen molar-refractivity contribution in [3.05, 3.63) is 34.9 Å². The van der Waals surface area contributed by atoms with Crippen LogP contribution in [-0.4, -0.2) is 61.4 Å². The number of halogens is 1. The number of aliphatic imine (C=N–C) groups is 1. The number of rotatable bonds is 2. The van der Waals surface area contributed by atoms with E-state index in [9.17, 15) is 4.79 Å². The molecule has 5 nitrogen and oxygen atoms in total. The Morgan fingerprint density at radius 1 is 1.45 bits per heavy atom. The monoisotopic (exact) mass is 322 g/mol. The Morgan fingerprint density at radius 3 is 2.82 bits per heavy atom. The van der Waals surface area contributed by atoms with Crippen LogP contribution in [-0.2, 0) is 11.2 Å². The van der Waals surface area contributed by atoms with E-state index < -0.39 is 0 Å². The van der Waals surface area contributed by atoms with Crippen molar-refractivity contribution in [2.45, 2.75) is 19.4 Å². The molecule has 1 saturated heterocycles. The molecule has 1 amide bonds. The molecule has 6 heteroatoms. The van der Waals surface area contributed by atoms with Gasteiger partial charge in [-0.1, -0.05) is 23.7 Å². The van der Waals surface area contributed by atoms with Crippen molar-refractivity contribution in [3.63, 3.8) is 0 Å². The molecule has 1 fully saturated rings. The van der Waals surface area contributed by atoms with Crippen molar-refractivity contribution in [3.8, 4) is 0 Å². The highest BCUT2D eigenvalue weighted by Gasteiger charge is 2.28. The van der Waals surface area contributed by atoms with Gasteiger partial charge in [0.05, 0.1) is 6.42 Å². The summed E-state index contributed by atoms with van der Waals surface area (Å²) in [6, 6.07) is 7.64. The summed E-state index contributed by atoms with van der Waals surface area (Å²) in [4.78, 5) is 20.9. The topological polar surface area (TPSA) is 47.9 Å². The summed E-state index contributed by atoms with van der Waals surface area (Å²) in [7, 11) is 3.64. The zero-order valence-electron chi connectivity index (χ0n) is 13.3. The molecule has 0 aliphatic carbocycles. The number of nitrogens with one attached hydrogen (secondary N) is 1. The summed E-state index contributed by atoms with van der Waals surface area (Å²) in [5.41, 5.74) is 0.957. The lowest BCUT2D eigenvalue weighted by atomic mass is 10.1. The van der Waals surface area contributed by atoms with Crippen LogP contribution in [0.2, 0.25) is 5.02 Å². The lowest BCUT2D eigenvalue weighted by Gasteiger charge is -2.41. The van der Waals surface area contributed by atoms with Crippen LogP contribution in [0.15, 0.2) is 29.3 Å². The highest BCUT2D eigenvalue weighted by Crippen LogP contribution is 2.15. The molecule has 1 aromatic rings. The summed E-state index contributed by atoms with van der Waals surface area (Å²) < 4.78 is 0. The fourth-order valence-corrected chi connectivity index (χ4v) is 3.07. The SMILES string of the molecule is CN=C(NC)N1CCN(C(=O)Cc2cccc(Cl)c2)C(C)C1. The summed E-state index contributed by atoms with van der Waals surface area (Å²) in [6.07, 6.45) is 0.394. The number of carbonyl (C=O) groups is 1. The Morgan fingerprint density at radius 2 is 2.23 bits per heavy atom. The van der Waals surface area contributed by atoms with Crippen LogP contribution in [0.25, 0.3) is 0 Å². The van der Waals surface area contributed by atoms with E-state index in [1.807, 2.05) is 36.2 Å². The van der Waals surface area contributed by atoms with E-state index in [1.54, 1.807) is 7.05 Å². The highest BCUT2D eigenvalue weighted by atomic mass is 35.5. The van der Waals surface area contributed by atoms with E-state index in [2.05, 4.69) is 22.1 Å². The van der Waals surface area contributed by atoms with Gasteiger partial charge in [-0.15, -0.1) is 0 Å². The summed E-state index contributed by atoms with van der Waals surface area (Å²) in [5.74, 6) is 1.02. The van der Waals surface area contributed by atoms with Gasteiger partial charge in [-0.2, -0.15) is 0 Å². The Bertz CT molecular complexity index is 561. The van der Waals surface area contributed by atoms with E-state index in [-0.39, 0.29) is 11.9 Å². The molecule has 1 aliphatic heterocycles. The normalized spacial score (nSPS) is 19.3. The number of carbonyl (C=O) groups excluding carboxylic acids is 1. The predicted molar refractivity (Wildman–Crippen MR) is 90.3 cm³/mol. The van der Waals surface area contributed by atoms with E-state index in [0.29, 0.717) is 18.0 Å².